The van der Waals surface area contributed by atoms with Gasteiger partial charge in [0.2, 0.25) is 0 Å². The van der Waals surface area contributed by atoms with Crippen molar-refractivity contribution in [2.24, 2.45) is 5.92 Å². The fraction of sp³-hybridized carbons (Fsp3) is 0.833. The molecule has 0 aromatic carbocycles. The first-order chi connectivity index (χ1) is 8.27. The van der Waals surface area contributed by atoms with Crippen LogP contribution in [0.2, 0.25) is 0 Å². The summed E-state index contributed by atoms with van der Waals surface area (Å²) in [6.07, 6.45) is 4.64. The van der Waals surface area contributed by atoms with Crippen LogP contribution < -0.4 is 0 Å². The zero-order valence-electron chi connectivity index (χ0n) is 10.6. The Morgan fingerprint density at radius 2 is 2.29 bits per heavy atom. The monoisotopic (exact) mass is 239 g/mol. The van der Waals surface area contributed by atoms with Crippen LogP contribution in [-0.2, 0) is 17.8 Å². The molecule has 1 aromatic heterocycles. The standard InChI is InChI=1S/C12H21N3O2/c1-9(10-4-3-5-10)15-12(6-7-17-2)11(8-16)13-14-15/h9-10,16H,3-8H2,1-2H3. The van der Waals surface area contributed by atoms with Crippen LogP contribution in [0.15, 0.2) is 0 Å². The average Bonchev–Trinajstić information content (AvgIpc) is 2.66. The van der Waals surface area contributed by atoms with Gasteiger partial charge in [-0.1, -0.05) is 11.6 Å². The first-order valence-corrected chi connectivity index (χ1v) is 6.30. The molecule has 0 bridgehead atoms. The first-order valence-electron chi connectivity index (χ1n) is 6.30. The lowest BCUT2D eigenvalue weighted by Crippen LogP contribution is -2.25. The van der Waals surface area contributed by atoms with E-state index >= 15 is 0 Å². The van der Waals surface area contributed by atoms with Gasteiger partial charge in [0, 0.05) is 13.5 Å². The minimum Gasteiger partial charge on any atom is -0.390 e. The number of hydrogen-bond donors (Lipinski definition) is 1. The van der Waals surface area contributed by atoms with E-state index in [4.69, 9.17) is 4.74 Å². The summed E-state index contributed by atoms with van der Waals surface area (Å²) in [6, 6.07) is 0.378. The van der Waals surface area contributed by atoms with Gasteiger partial charge in [-0.05, 0) is 25.7 Å². The van der Waals surface area contributed by atoms with Crippen LogP contribution in [0.5, 0.6) is 0 Å². The van der Waals surface area contributed by atoms with Crippen molar-refractivity contribution >= 4 is 0 Å². The second-order valence-electron chi connectivity index (χ2n) is 4.76. The maximum atomic E-state index is 9.27. The van der Waals surface area contributed by atoms with Gasteiger partial charge >= 0.3 is 0 Å². The van der Waals surface area contributed by atoms with Crippen LogP contribution in [-0.4, -0.2) is 33.8 Å². The third kappa shape index (κ3) is 2.50. The van der Waals surface area contributed by atoms with E-state index in [1.807, 2.05) is 4.68 Å². The van der Waals surface area contributed by atoms with Crippen molar-refractivity contribution in [1.82, 2.24) is 15.0 Å². The molecule has 17 heavy (non-hydrogen) atoms. The largest absolute Gasteiger partial charge is 0.390 e. The Bertz CT molecular complexity index is 361. The smallest absolute Gasteiger partial charge is 0.111 e. The molecule has 1 atom stereocenters. The molecule has 5 nitrogen and oxygen atoms in total. The molecule has 0 saturated heterocycles. The van der Waals surface area contributed by atoms with Crippen LogP contribution in [0.4, 0.5) is 0 Å². The SMILES string of the molecule is COCCc1c(CO)nnn1C(C)C1CCC1. The van der Waals surface area contributed by atoms with E-state index in [9.17, 15) is 5.11 Å². The second-order valence-corrected chi connectivity index (χ2v) is 4.76. The Morgan fingerprint density at radius 3 is 2.82 bits per heavy atom. The molecule has 0 amide bonds. The molecular formula is C12H21N3O2. The van der Waals surface area contributed by atoms with Crippen molar-refractivity contribution in [3.63, 3.8) is 0 Å². The van der Waals surface area contributed by atoms with Crippen LogP contribution in [0, 0.1) is 5.92 Å². The number of aliphatic hydroxyl groups excluding tert-OH is 1. The lowest BCUT2D eigenvalue weighted by Gasteiger charge is -2.32. The van der Waals surface area contributed by atoms with Gasteiger partial charge in [-0.15, -0.1) is 5.10 Å². The summed E-state index contributed by atoms with van der Waals surface area (Å²) in [5.74, 6) is 0.713. The molecule has 1 aliphatic rings. The highest BCUT2D eigenvalue weighted by Gasteiger charge is 2.28. The lowest BCUT2D eigenvalue weighted by atomic mass is 9.80. The number of ether oxygens (including phenoxy) is 1. The minimum atomic E-state index is -0.0452. The predicted octanol–water partition coefficient (Wildman–Crippen LogP) is 1.32. The number of rotatable bonds is 6. The van der Waals surface area contributed by atoms with Gasteiger partial charge in [0.05, 0.1) is 24.9 Å². The zero-order chi connectivity index (χ0) is 12.3. The van der Waals surface area contributed by atoms with Gasteiger partial charge in [-0.2, -0.15) is 0 Å². The van der Waals surface area contributed by atoms with E-state index in [1.54, 1.807) is 7.11 Å². The highest BCUT2D eigenvalue weighted by Crippen LogP contribution is 2.36. The van der Waals surface area contributed by atoms with E-state index in [-0.39, 0.29) is 6.61 Å². The lowest BCUT2D eigenvalue weighted by molar-refractivity contribution is 0.186. The van der Waals surface area contributed by atoms with Crippen LogP contribution in [0.1, 0.15) is 43.6 Å². The van der Waals surface area contributed by atoms with Gasteiger partial charge in [0.25, 0.3) is 0 Å². The molecule has 0 spiro atoms. The normalized spacial score (nSPS) is 18.1. The molecule has 0 aliphatic heterocycles. The van der Waals surface area contributed by atoms with Crippen molar-refractivity contribution < 1.29 is 9.84 Å². The van der Waals surface area contributed by atoms with Gasteiger partial charge in [0.15, 0.2) is 0 Å². The Kier molecular flexibility index (Phi) is 4.12. The number of hydrogen-bond acceptors (Lipinski definition) is 4. The molecule has 1 fully saturated rings. The maximum absolute atomic E-state index is 9.27. The van der Waals surface area contributed by atoms with Crippen molar-refractivity contribution in [1.29, 1.82) is 0 Å². The third-order valence-electron chi connectivity index (χ3n) is 3.78. The molecule has 1 unspecified atom stereocenters. The molecule has 96 valence electrons. The van der Waals surface area contributed by atoms with Crippen molar-refractivity contribution in [2.45, 2.75) is 45.3 Å². The van der Waals surface area contributed by atoms with E-state index in [1.165, 1.54) is 19.3 Å². The summed E-state index contributed by atoms with van der Waals surface area (Å²) < 4.78 is 7.08. The van der Waals surface area contributed by atoms with E-state index in [2.05, 4.69) is 17.2 Å². The van der Waals surface area contributed by atoms with Crippen LogP contribution in [0.25, 0.3) is 0 Å². The Labute approximate surface area is 102 Å². The summed E-state index contributed by atoms with van der Waals surface area (Å²) in [5.41, 5.74) is 1.71. The number of aliphatic hydroxyl groups is 1. The molecule has 1 heterocycles. The van der Waals surface area contributed by atoms with Crippen molar-refractivity contribution in [3.8, 4) is 0 Å². The fourth-order valence-electron chi connectivity index (χ4n) is 2.38. The third-order valence-corrected chi connectivity index (χ3v) is 3.78. The number of methoxy groups -OCH3 is 1. The summed E-state index contributed by atoms with van der Waals surface area (Å²) >= 11 is 0. The van der Waals surface area contributed by atoms with Crippen molar-refractivity contribution in [3.05, 3.63) is 11.4 Å². The minimum absolute atomic E-state index is 0.0452. The Morgan fingerprint density at radius 1 is 1.53 bits per heavy atom. The molecule has 5 heteroatoms. The summed E-state index contributed by atoms with van der Waals surface area (Å²) in [7, 11) is 1.68. The Hall–Kier alpha value is -0.940. The van der Waals surface area contributed by atoms with Crippen LogP contribution >= 0.6 is 0 Å². The molecule has 1 N–H and O–H groups in total. The summed E-state index contributed by atoms with van der Waals surface area (Å²) in [6.45, 7) is 2.78. The van der Waals surface area contributed by atoms with E-state index in [0.717, 1.165) is 12.1 Å². The molecule has 2 rings (SSSR count). The van der Waals surface area contributed by atoms with Gasteiger partial charge in [0.1, 0.15) is 5.69 Å². The first kappa shape index (κ1) is 12.5. The molecule has 1 aliphatic carbocycles. The summed E-state index contributed by atoms with van der Waals surface area (Å²) in [4.78, 5) is 0. The highest BCUT2D eigenvalue weighted by atomic mass is 16.5. The van der Waals surface area contributed by atoms with E-state index < -0.39 is 0 Å². The van der Waals surface area contributed by atoms with Crippen molar-refractivity contribution in [2.75, 3.05) is 13.7 Å². The fourth-order valence-corrected chi connectivity index (χ4v) is 2.38. The summed E-state index contributed by atoms with van der Waals surface area (Å²) in [5, 5.41) is 17.5. The quantitative estimate of drug-likeness (QED) is 0.813. The highest BCUT2D eigenvalue weighted by molar-refractivity contribution is 5.10. The van der Waals surface area contributed by atoms with E-state index in [0.29, 0.717) is 24.3 Å². The molecule has 0 radical (unpaired) electrons. The molecule has 1 saturated carbocycles. The molecular weight excluding hydrogens is 218 g/mol. The number of aromatic nitrogens is 3. The van der Waals surface area contributed by atoms with Gasteiger partial charge in [-0.25, -0.2) is 4.68 Å². The number of nitrogens with zero attached hydrogens (tertiary/aromatic N) is 3. The molecule has 1 aromatic rings. The predicted molar refractivity (Wildman–Crippen MR) is 63.6 cm³/mol. The van der Waals surface area contributed by atoms with Gasteiger partial charge in [-0.3, -0.25) is 0 Å². The topological polar surface area (TPSA) is 60.2 Å². The second kappa shape index (κ2) is 5.60. The zero-order valence-corrected chi connectivity index (χ0v) is 10.6. The van der Waals surface area contributed by atoms with Crippen LogP contribution in [0.3, 0.4) is 0 Å². The maximum Gasteiger partial charge on any atom is 0.111 e. The Balaban J connectivity index is 2.16. The average molecular weight is 239 g/mol. The van der Waals surface area contributed by atoms with Gasteiger partial charge < -0.3 is 9.84 Å².